The Hall–Kier alpha value is -6.14. The number of rotatable bonds is 13. The van der Waals surface area contributed by atoms with Gasteiger partial charge < -0.3 is 14.6 Å². The predicted octanol–water partition coefficient (Wildman–Crippen LogP) is 5.42. The van der Waals surface area contributed by atoms with Crippen molar-refractivity contribution in [2.45, 2.75) is 49.6 Å². The van der Waals surface area contributed by atoms with Gasteiger partial charge in [0.1, 0.15) is 10.3 Å². The van der Waals surface area contributed by atoms with Crippen LogP contribution in [-0.4, -0.2) is 86.5 Å². The van der Waals surface area contributed by atoms with Gasteiger partial charge in [0, 0.05) is 35.4 Å². The molecular weight excluding hydrogens is 914 g/mol. The standard InChI is InChI=1S/C19H17ClFN5O4S.C14H14ClN3O3.C5H5FN2O2S/c1-19(8-9-19)11-30-15-7-10-26(24-15)14-6-5-12(17(20)23-14)18(27)25-31(28,29)16-4-2-3-13(21)22-16;1-14(5-6-14)8-21-11-4-7-18(17-11)10-3-2-9(13(19)20)12(15)16-10;6-4-2-1-3-5(8-4)11(7,9)10/h2-7,10H,8-9,11H2,1H3,(H,25,27);2-4,7H,5-6,8H2,1H3,(H,19,20);1-3H,(H2,7,9,10). The maximum atomic E-state index is 13.2. The largest absolute Gasteiger partial charge is 0.478 e. The number of carbonyl (C=O) groups excluding carboxylic acids is 1. The molecule has 2 saturated carbocycles. The number of aromatic nitrogens is 8. The van der Waals surface area contributed by atoms with Crippen LogP contribution < -0.4 is 19.3 Å². The molecule has 1 amide bonds. The molecule has 4 N–H and O–H groups in total. The van der Waals surface area contributed by atoms with E-state index in [1.807, 2.05) is 0 Å². The molecule has 6 aromatic rings. The van der Waals surface area contributed by atoms with Crippen molar-refractivity contribution in [2.24, 2.45) is 16.0 Å². The minimum atomic E-state index is -4.39. The molecule has 0 saturated heterocycles. The molecule has 19 nitrogen and oxygen atoms in total. The van der Waals surface area contributed by atoms with Crippen molar-refractivity contribution >= 4 is 55.1 Å². The first-order valence-electron chi connectivity index (χ1n) is 18.4. The van der Waals surface area contributed by atoms with Crippen molar-refractivity contribution in [1.82, 2.24) is 44.2 Å². The Bertz CT molecular complexity index is 2890. The summed E-state index contributed by atoms with van der Waals surface area (Å²) >= 11 is 11.9. The van der Waals surface area contributed by atoms with Gasteiger partial charge in [-0.3, -0.25) is 4.79 Å². The summed E-state index contributed by atoms with van der Waals surface area (Å²) in [5.41, 5.74) is 0.275. The summed E-state index contributed by atoms with van der Waals surface area (Å²) in [6.07, 6.45) is 7.94. The van der Waals surface area contributed by atoms with Gasteiger partial charge in [-0.2, -0.15) is 17.2 Å². The number of aromatic carboxylic acids is 1. The average molecular weight is 950 g/mol. The molecule has 2 aliphatic carbocycles. The van der Waals surface area contributed by atoms with Crippen molar-refractivity contribution in [3.05, 3.63) is 119 Å². The minimum Gasteiger partial charge on any atom is -0.478 e. The molecule has 0 unspecified atom stereocenters. The fraction of sp³-hybridized carbons (Fsp3) is 0.263. The molecule has 0 aliphatic heterocycles. The third kappa shape index (κ3) is 12.7. The van der Waals surface area contributed by atoms with Crippen LogP contribution in [0.3, 0.4) is 0 Å². The summed E-state index contributed by atoms with van der Waals surface area (Å²) in [5.74, 6) is -2.30. The molecule has 0 aromatic carbocycles. The lowest BCUT2D eigenvalue weighted by molar-refractivity contribution is 0.0696. The average Bonchev–Trinajstić information content (AvgIpc) is 3.99. The molecule has 0 bridgehead atoms. The number of hydrogen-bond donors (Lipinski definition) is 3. The van der Waals surface area contributed by atoms with Crippen molar-refractivity contribution in [3.8, 4) is 23.4 Å². The Labute approximate surface area is 368 Å². The first kappa shape index (κ1) is 46.4. The van der Waals surface area contributed by atoms with Crippen molar-refractivity contribution in [1.29, 1.82) is 0 Å². The van der Waals surface area contributed by atoms with Gasteiger partial charge in [0.15, 0.2) is 21.7 Å². The summed E-state index contributed by atoms with van der Waals surface area (Å²) < 4.78 is 87.1. The zero-order valence-corrected chi connectivity index (χ0v) is 36.2. The van der Waals surface area contributed by atoms with Crippen LogP contribution in [-0.2, 0) is 20.0 Å². The van der Waals surface area contributed by atoms with Crippen LogP contribution in [0.2, 0.25) is 10.3 Å². The highest BCUT2D eigenvalue weighted by Gasteiger charge is 2.39. The molecule has 63 heavy (non-hydrogen) atoms. The van der Waals surface area contributed by atoms with Gasteiger partial charge >= 0.3 is 5.97 Å². The zero-order valence-electron chi connectivity index (χ0n) is 33.0. The Morgan fingerprint density at radius 3 is 1.56 bits per heavy atom. The maximum Gasteiger partial charge on any atom is 0.338 e. The fourth-order valence-electron chi connectivity index (χ4n) is 4.99. The molecule has 25 heteroatoms. The Morgan fingerprint density at radius 1 is 0.714 bits per heavy atom. The van der Waals surface area contributed by atoms with E-state index in [2.05, 4.69) is 49.1 Å². The van der Waals surface area contributed by atoms with Crippen LogP contribution in [0.25, 0.3) is 11.6 Å². The number of ether oxygens (including phenoxy) is 2. The monoisotopic (exact) mass is 948 g/mol. The fourth-order valence-corrected chi connectivity index (χ4v) is 6.86. The van der Waals surface area contributed by atoms with Gasteiger partial charge in [0.25, 0.3) is 26.0 Å². The normalized spacial score (nSPS) is 14.5. The highest BCUT2D eigenvalue weighted by Crippen LogP contribution is 2.45. The number of amides is 1. The summed E-state index contributed by atoms with van der Waals surface area (Å²) in [5, 5.41) is 20.7. The number of sulfonamides is 2. The molecule has 6 heterocycles. The molecule has 332 valence electrons. The number of carbonyl (C=O) groups is 2. The van der Waals surface area contributed by atoms with Crippen LogP contribution in [0.15, 0.2) is 95.2 Å². The van der Waals surface area contributed by atoms with E-state index in [4.69, 9.17) is 37.8 Å². The second-order valence-corrected chi connectivity index (χ2v) is 18.6. The number of nitrogens with two attached hydrogens (primary N) is 1. The lowest BCUT2D eigenvalue weighted by atomic mass is 10.2. The number of nitrogens with one attached hydrogen (secondary N) is 1. The second-order valence-electron chi connectivity index (χ2n) is 14.8. The zero-order chi connectivity index (χ0) is 45.7. The van der Waals surface area contributed by atoms with E-state index in [0.29, 0.717) is 36.6 Å². The van der Waals surface area contributed by atoms with Crippen LogP contribution in [0.1, 0.15) is 60.2 Å². The molecule has 2 fully saturated rings. The Morgan fingerprint density at radius 2 is 1.16 bits per heavy atom. The van der Waals surface area contributed by atoms with Gasteiger partial charge in [-0.25, -0.2) is 52.4 Å². The molecule has 0 radical (unpaired) electrons. The van der Waals surface area contributed by atoms with Gasteiger partial charge in [-0.15, -0.1) is 10.2 Å². The van der Waals surface area contributed by atoms with E-state index >= 15 is 0 Å². The third-order valence-electron chi connectivity index (χ3n) is 9.26. The van der Waals surface area contributed by atoms with E-state index in [1.165, 1.54) is 46.5 Å². The molecule has 0 spiro atoms. The number of pyridine rings is 4. The van der Waals surface area contributed by atoms with E-state index in [0.717, 1.165) is 43.2 Å². The number of hydrogen-bond acceptors (Lipinski definition) is 14. The highest BCUT2D eigenvalue weighted by atomic mass is 35.5. The molecule has 2 aliphatic rings. The first-order chi connectivity index (χ1) is 29.6. The molecular formula is C38H36Cl2F2N10O9S2. The van der Waals surface area contributed by atoms with Crippen LogP contribution in [0.5, 0.6) is 11.8 Å². The number of primary sulfonamides is 1. The number of carboxylic acid groups (broad SMARTS) is 1. The lowest BCUT2D eigenvalue weighted by Gasteiger charge is -2.09. The van der Waals surface area contributed by atoms with Crippen LogP contribution in [0.4, 0.5) is 8.78 Å². The molecule has 0 atom stereocenters. The topological polar surface area (TPSA) is 266 Å². The summed E-state index contributed by atoms with van der Waals surface area (Å²) in [4.78, 5) is 37.7. The number of halogens is 4. The Balaban J connectivity index is 0.000000177. The van der Waals surface area contributed by atoms with E-state index in [1.54, 1.807) is 35.3 Å². The van der Waals surface area contributed by atoms with E-state index in [-0.39, 0.29) is 32.3 Å². The minimum absolute atomic E-state index is 0.0364. The van der Waals surface area contributed by atoms with E-state index in [9.17, 15) is 35.2 Å². The van der Waals surface area contributed by atoms with Gasteiger partial charge in [-0.05, 0) is 74.2 Å². The summed E-state index contributed by atoms with van der Waals surface area (Å²) in [7, 11) is -8.27. The predicted molar refractivity (Wildman–Crippen MR) is 220 cm³/mol. The summed E-state index contributed by atoms with van der Waals surface area (Å²) in [6, 6.07) is 15.7. The first-order valence-corrected chi connectivity index (χ1v) is 22.2. The molecule has 6 aromatic heterocycles. The SMILES string of the molecule is CC1(COc2ccn(-c3ccc(C(=O)NS(=O)(=O)c4cccc(F)n4)c(Cl)n3)n2)CC1.CC1(COc2ccn(-c3ccc(C(=O)O)c(Cl)n3)n2)CC1.NS(=O)(=O)c1cccc(F)n1. The lowest BCUT2D eigenvalue weighted by Crippen LogP contribution is -2.31. The van der Waals surface area contributed by atoms with Crippen molar-refractivity contribution in [3.63, 3.8) is 0 Å². The van der Waals surface area contributed by atoms with Crippen LogP contribution in [0, 0.1) is 22.7 Å². The van der Waals surface area contributed by atoms with Gasteiger partial charge in [-0.1, -0.05) is 49.2 Å². The van der Waals surface area contributed by atoms with Crippen molar-refractivity contribution < 1.29 is 49.8 Å². The van der Waals surface area contributed by atoms with Crippen molar-refractivity contribution in [2.75, 3.05) is 13.2 Å². The molecule has 8 rings (SSSR count). The quantitative estimate of drug-likeness (QED) is 0.122. The second kappa shape index (κ2) is 18.7. The summed E-state index contributed by atoms with van der Waals surface area (Å²) in [6.45, 7) is 5.54. The van der Waals surface area contributed by atoms with Gasteiger partial charge in [0.2, 0.25) is 23.7 Å². The van der Waals surface area contributed by atoms with Crippen LogP contribution >= 0.6 is 23.2 Å². The number of carboxylic acids is 1. The third-order valence-corrected chi connectivity index (χ3v) is 11.9. The smallest absolute Gasteiger partial charge is 0.338 e. The van der Waals surface area contributed by atoms with E-state index < -0.39 is 53.9 Å². The maximum absolute atomic E-state index is 13.2. The van der Waals surface area contributed by atoms with Gasteiger partial charge in [0.05, 0.1) is 24.3 Å². The number of nitrogens with zero attached hydrogens (tertiary/aromatic N) is 8. The highest BCUT2D eigenvalue weighted by molar-refractivity contribution is 7.90. The Kier molecular flexibility index (Phi) is 13.7.